The predicted octanol–water partition coefficient (Wildman–Crippen LogP) is -3.61. The molecule has 0 aliphatic carbocycles. The molecule has 2 aliphatic heterocycles. The summed E-state index contributed by atoms with van der Waals surface area (Å²) in [4.78, 5) is 22.9. The smallest absolute Gasteiger partial charge is 0.217 e. The van der Waals surface area contributed by atoms with Crippen molar-refractivity contribution in [3.8, 4) is 0 Å². The standard InChI is InChI=1S/C30H56N2O16/c1-18(4-6-41-8-10-43-12-14-45-29-23(31-19(2)35)27(39)25(37)21(16-33)47-29)5-7-42-9-11-44-13-15-46-30-24(32-20(3)36)28(40)26(38)22(17-34)48-30/h18,21-30,33-34,37-40H,4-17H2,1-3H3,(H,31,35)(H,32,36)/t18?,21?,22?,23?,24?,25-,26-,27+,28+,29+,30+/m0/s1. The number of ether oxygens (including phenoxy) is 8. The molecule has 2 fully saturated rings. The topological polar surface area (TPSA) is 253 Å². The molecule has 4 unspecified atom stereocenters. The third-order valence-corrected chi connectivity index (χ3v) is 7.78. The Morgan fingerprint density at radius 1 is 0.583 bits per heavy atom. The maximum Gasteiger partial charge on any atom is 0.217 e. The fourth-order valence-corrected chi connectivity index (χ4v) is 5.03. The third kappa shape index (κ3) is 15.1. The van der Waals surface area contributed by atoms with Crippen molar-refractivity contribution in [3.05, 3.63) is 0 Å². The highest BCUT2D eigenvalue weighted by atomic mass is 16.7. The first-order chi connectivity index (χ1) is 23.0. The number of carbonyl (C=O) groups is 2. The number of aliphatic hydroxyl groups excluding tert-OH is 6. The Kier molecular flexibility index (Phi) is 21.0. The van der Waals surface area contributed by atoms with Crippen molar-refractivity contribution in [2.24, 2.45) is 5.92 Å². The Hall–Kier alpha value is -1.62. The van der Waals surface area contributed by atoms with Gasteiger partial charge in [-0.25, -0.2) is 0 Å². The van der Waals surface area contributed by atoms with Gasteiger partial charge >= 0.3 is 0 Å². The first kappa shape index (κ1) is 42.5. The Bertz CT molecular complexity index is 822. The summed E-state index contributed by atoms with van der Waals surface area (Å²) in [6, 6.07) is -2.00. The minimum absolute atomic E-state index is 0.0932. The van der Waals surface area contributed by atoms with E-state index in [4.69, 9.17) is 37.9 Å². The lowest BCUT2D eigenvalue weighted by molar-refractivity contribution is -0.272. The molecule has 282 valence electrons. The fraction of sp³-hybridized carbons (Fsp3) is 0.933. The molecule has 0 radical (unpaired) electrons. The van der Waals surface area contributed by atoms with E-state index in [-0.39, 0.29) is 26.4 Å². The van der Waals surface area contributed by atoms with Crippen LogP contribution in [0, 0.1) is 5.92 Å². The van der Waals surface area contributed by atoms with Crippen molar-refractivity contribution in [1.82, 2.24) is 10.6 Å². The lowest BCUT2D eigenvalue weighted by Gasteiger charge is -2.42. The molecule has 8 N–H and O–H groups in total. The van der Waals surface area contributed by atoms with Gasteiger partial charge in [0.05, 0.1) is 66.1 Å². The minimum atomic E-state index is -1.37. The lowest BCUT2D eigenvalue weighted by Crippen LogP contribution is -2.64. The summed E-state index contributed by atoms with van der Waals surface area (Å²) >= 11 is 0. The number of nitrogens with one attached hydrogen (secondary N) is 2. The molecule has 0 aromatic carbocycles. The normalized spacial score (nSPS) is 31.4. The molecule has 2 rings (SSSR count). The first-order valence-electron chi connectivity index (χ1n) is 16.3. The van der Waals surface area contributed by atoms with E-state index in [1.807, 2.05) is 0 Å². The Balaban J connectivity index is 1.44. The van der Waals surface area contributed by atoms with Gasteiger partial charge in [0.1, 0.15) is 48.7 Å². The number of hydrogen-bond donors (Lipinski definition) is 8. The molecule has 18 nitrogen and oxygen atoms in total. The van der Waals surface area contributed by atoms with Crippen LogP contribution in [0.5, 0.6) is 0 Å². The molecular formula is C30H56N2O16. The molecule has 2 aliphatic rings. The highest BCUT2D eigenvalue weighted by Crippen LogP contribution is 2.23. The number of carbonyl (C=O) groups excluding carboxylic acids is 2. The molecule has 10 atom stereocenters. The predicted molar refractivity (Wildman–Crippen MR) is 164 cm³/mol. The molecule has 0 bridgehead atoms. The average Bonchev–Trinajstić information content (AvgIpc) is 3.05. The second-order valence-electron chi connectivity index (χ2n) is 11.7. The van der Waals surface area contributed by atoms with Gasteiger partial charge in [0, 0.05) is 27.1 Å². The van der Waals surface area contributed by atoms with E-state index < -0.39 is 86.3 Å². The SMILES string of the molecule is CC(=O)NC1[C@H](OCCOCCOCCC(C)CCOCCOCCO[C@@H]2OC(CO)[C@H](O)[C@H](O)C2NC(C)=O)OC(CO)[C@H](O)[C@@H]1O. The van der Waals surface area contributed by atoms with E-state index in [0.29, 0.717) is 45.6 Å². The Labute approximate surface area is 280 Å². The van der Waals surface area contributed by atoms with E-state index in [0.717, 1.165) is 12.8 Å². The monoisotopic (exact) mass is 700 g/mol. The maximum absolute atomic E-state index is 11.5. The van der Waals surface area contributed by atoms with Crippen LogP contribution in [0.25, 0.3) is 0 Å². The van der Waals surface area contributed by atoms with Gasteiger partial charge in [-0.1, -0.05) is 6.92 Å². The molecule has 2 saturated heterocycles. The zero-order chi connectivity index (χ0) is 35.5. The molecule has 0 saturated carbocycles. The quantitative estimate of drug-likeness (QED) is 0.0453. The van der Waals surface area contributed by atoms with Gasteiger partial charge < -0.3 is 79.2 Å². The van der Waals surface area contributed by atoms with E-state index >= 15 is 0 Å². The van der Waals surface area contributed by atoms with Crippen molar-refractivity contribution in [2.75, 3.05) is 79.3 Å². The molecular weight excluding hydrogens is 644 g/mol. The summed E-state index contributed by atoms with van der Waals surface area (Å²) in [5.41, 5.74) is 0. The van der Waals surface area contributed by atoms with Crippen molar-refractivity contribution in [2.45, 2.75) is 94.9 Å². The number of hydrogen-bond acceptors (Lipinski definition) is 16. The number of amides is 2. The van der Waals surface area contributed by atoms with Gasteiger partial charge in [-0.2, -0.15) is 0 Å². The highest BCUT2D eigenvalue weighted by molar-refractivity contribution is 5.73. The van der Waals surface area contributed by atoms with Gasteiger partial charge in [-0.05, 0) is 18.8 Å². The zero-order valence-corrected chi connectivity index (χ0v) is 28.0. The average molecular weight is 701 g/mol. The van der Waals surface area contributed by atoms with Crippen LogP contribution in [0.2, 0.25) is 0 Å². The van der Waals surface area contributed by atoms with Gasteiger partial charge in [0.2, 0.25) is 11.8 Å². The molecule has 0 aromatic rings. The van der Waals surface area contributed by atoms with E-state index in [9.17, 15) is 40.2 Å². The molecule has 2 heterocycles. The van der Waals surface area contributed by atoms with Crippen molar-refractivity contribution in [1.29, 1.82) is 0 Å². The van der Waals surface area contributed by atoms with Crippen LogP contribution in [-0.4, -0.2) is 183 Å². The van der Waals surface area contributed by atoms with Gasteiger partial charge in [-0.3, -0.25) is 9.59 Å². The molecule has 18 heteroatoms. The highest BCUT2D eigenvalue weighted by Gasteiger charge is 2.46. The second kappa shape index (κ2) is 23.7. The molecule has 0 aromatic heterocycles. The summed E-state index contributed by atoms with van der Waals surface area (Å²) < 4.78 is 44.4. The summed E-state index contributed by atoms with van der Waals surface area (Å²) in [7, 11) is 0. The lowest BCUT2D eigenvalue weighted by atomic mass is 9.97. The summed E-state index contributed by atoms with van der Waals surface area (Å²) in [5, 5.41) is 64.4. The number of rotatable bonds is 24. The Morgan fingerprint density at radius 2 is 0.917 bits per heavy atom. The van der Waals surface area contributed by atoms with Crippen LogP contribution >= 0.6 is 0 Å². The van der Waals surface area contributed by atoms with Crippen LogP contribution in [0.3, 0.4) is 0 Å². The van der Waals surface area contributed by atoms with Gasteiger partial charge in [0.15, 0.2) is 12.6 Å². The molecule has 0 spiro atoms. The zero-order valence-electron chi connectivity index (χ0n) is 28.0. The van der Waals surface area contributed by atoms with Crippen LogP contribution in [0.1, 0.15) is 33.6 Å². The van der Waals surface area contributed by atoms with Crippen LogP contribution < -0.4 is 10.6 Å². The number of aliphatic hydroxyl groups is 6. The van der Waals surface area contributed by atoms with Crippen LogP contribution in [-0.2, 0) is 47.5 Å². The summed E-state index contributed by atoms with van der Waals surface area (Å²) in [5.74, 6) is -0.481. The van der Waals surface area contributed by atoms with Crippen molar-refractivity contribution in [3.63, 3.8) is 0 Å². The van der Waals surface area contributed by atoms with E-state index in [2.05, 4.69) is 17.6 Å². The van der Waals surface area contributed by atoms with Crippen LogP contribution in [0.15, 0.2) is 0 Å². The van der Waals surface area contributed by atoms with E-state index in [1.54, 1.807) is 0 Å². The van der Waals surface area contributed by atoms with Gasteiger partial charge in [-0.15, -0.1) is 0 Å². The largest absolute Gasteiger partial charge is 0.394 e. The summed E-state index contributed by atoms with van der Waals surface area (Å²) in [6.45, 7) is 6.77. The van der Waals surface area contributed by atoms with Gasteiger partial charge in [0.25, 0.3) is 0 Å². The Morgan fingerprint density at radius 3 is 1.25 bits per heavy atom. The molecule has 48 heavy (non-hydrogen) atoms. The minimum Gasteiger partial charge on any atom is -0.394 e. The van der Waals surface area contributed by atoms with Crippen molar-refractivity contribution >= 4 is 11.8 Å². The van der Waals surface area contributed by atoms with E-state index in [1.165, 1.54) is 13.8 Å². The maximum atomic E-state index is 11.5. The molecule has 2 amide bonds. The second-order valence-corrected chi connectivity index (χ2v) is 11.7. The van der Waals surface area contributed by atoms with Crippen molar-refractivity contribution < 1.29 is 78.1 Å². The third-order valence-electron chi connectivity index (χ3n) is 7.78. The fourth-order valence-electron chi connectivity index (χ4n) is 5.03. The first-order valence-corrected chi connectivity index (χ1v) is 16.3. The van der Waals surface area contributed by atoms with Crippen LogP contribution in [0.4, 0.5) is 0 Å². The summed E-state index contributed by atoms with van der Waals surface area (Å²) in [6.07, 6.45) is -8.01.